The second-order valence-corrected chi connectivity index (χ2v) is 7.65. The van der Waals surface area contributed by atoms with Crippen LogP contribution in [0.25, 0.3) is 11.4 Å². The zero-order chi connectivity index (χ0) is 20.5. The number of carbonyl (C=O) groups is 1. The first kappa shape index (κ1) is 19.2. The summed E-state index contributed by atoms with van der Waals surface area (Å²) in [4.78, 5) is 19.1. The molecule has 0 saturated carbocycles. The number of hydrogen-bond donors (Lipinski definition) is 0. The molecule has 1 aliphatic heterocycles. The molecule has 0 N–H and O–H groups in total. The lowest BCUT2D eigenvalue weighted by Crippen LogP contribution is -2.28. The van der Waals surface area contributed by atoms with Gasteiger partial charge in [0, 0.05) is 18.5 Å². The van der Waals surface area contributed by atoms with E-state index in [0.717, 1.165) is 16.9 Å². The van der Waals surface area contributed by atoms with E-state index >= 15 is 0 Å². The van der Waals surface area contributed by atoms with Gasteiger partial charge in [0.2, 0.25) is 17.6 Å². The standard InChI is InChI=1S/C23H25N3O3/c1-14-5-6-18(11-15(14)2)22-24-23(29-25-22)19-12-21(27)26(13-19)16(3)17-7-9-20(28-4)10-8-17/h5-11,16,19H,12-13H2,1-4H3. The fourth-order valence-corrected chi connectivity index (χ4v) is 3.73. The summed E-state index contributed by atoms with van der Waals surface area (Å²) >= 11 is 0. The van der Waals surface area contributed by atoms with Gasteiger partial charge in [-0.1, -0.05) is 29.4 Å². The van der Waals surface area contributed by atoms with Crippen LogP contribution in [0.4, 0.5) is 0 Å². The summed E-state index contributed by atoms with van der Waals surface area (Å²) in [5, 5.41) is 4.14. The fraction of sp³-hybridized carbons (Fsp3) is 0.348. The first-order valence-electron chi connectivity index (χ1n) is 9.81. The number of nitrogens with zero attached hydrogens (tertiary/aromatic N) is 3. The van der Waals surface area contributed by atoms with Gasteiger partial charge in [-0.3, -0.25) is 4.79 Å². The molecule has 2 heterocycles. The number of ether oxygens (including phenoxy) is 1. The van der Waals surface area contributed by atoms with Crippen molar-refractivity contribution in [3.8, 4) is 17.1 Å². The van der Waals surface area contributed by atoms with Crippen molar-refractivity contribution < 1.29 is 14.1 Å². The summed E-state index contributed by atoms with van der Waals surface area (Å²) in [6, 6.07) is 13.9. The van der Waals surface area contributed by atoms with E-state index in [0.29, 0.717) is 24.7 Å². The second kappa shape index (κ2) is 7.70. The summed E-state index contributed by atoms with van der Waals surface area (Å²) in [6.07, 6.45) is 0.384. The molecule has 2 aromatic carbocycles. The van der Waals surface area contributed by atoms with Crippen LogP contribution in [0.2, 0.25) is 0 Å². The number of likely N-dealkylation sites (tertiary alicyclic amines) is 1. The Balaban J connectivity index is 1.50. The van der Waals surface area contributed by atoms with E-state index in [1.54, 1.807) is 7.11 Å². The van der Waals surface area contributed by atoms with Crippen molar-refractivity contribution in [1.29, 1.82) is 0 Å². The maximum Gasteiger partial charge on any atom is 0.232 e. The SMILES string of the molecule is COc1ccc(C(C)N2CC(c3nc(-c4ccc(C)c(C)c4)no3)CC2=O)cc1. The van der Waals surface area contributed by atoms with Crippen LogP contribution in [-0.2, 0) is 4.79 Å². The molecule has 1 aliphatic rings. The molecule has 1 amide bonds. The number of amides is 1. The molecule has 6 nitrogen and oxygen atoms in total. The number of aryl methyl sites for hydroxylation is 2. The van der Waals surface area contributed by atoms with E-state index in [4.69, 9.17) is 9.26 Å². The Hall–Kier alpha value is -3.15. The van der Waals surface area contributed by atoms with Gasteiger partial charge in [0.15, 0.2) is 0 Å². The normalized spacial score (nSPS) is 17.6. The van der Waals surface area contributed by atoms with Gasteiger partial charge in [0.05, 0.1) is 19.1 Å². The Bertz CT molecular complexity index is 1030. The summed E-state index contributed by atoms with van der Waals surface area (Å²) in [5.74, 6) is 1.91. The van der Waals surface area contributed by atoms with E-state index in [9.17, 15) is 4.79 Å². The van der Waals surface area contributed by atoms with Gasteiger partial charge >= 0.3 is 0 Å². The largest absolute Gasteiger partial charge is 0.497 e. The Kier molecular flexibility index (Phi) is 5.09. The monoisotopic (exact) mass is 391 g/mol. The number of rotatable bonds is 5. The summed E-state index contributed by atoms with van der Waals surface area (Å²) in [6.45, 7) is 6.74. The van der Waals surface area contributed by atoms with Gasteiger partial charge in [-0.2, -0.15) is 4.98 Å². The Morgan fingerprint density at radius 1 is 1.14 bits per heavy atom. The minimum atomic E-state index is -0.0870. The zero-order valence-electron chi connectivity index (χ0n) is 17.2. The van der Waals surface area contributed by atoms with Crippen LogP contribution < -0.4 is 4.74 Å². The first-order chi connectivity index (χ1) is 14.0. The Labute approximate surface area is 170 Å². The molecule has 4 rings (SSSR count). The molecule has 0 aliphatic carbocycles. The van der Waals surface area contributed by atoms with Crippen molar-refractivity contribution in [3.05, 3.63) is 65.0 Å². The van der Waals surface area contributed by atoms with Crippen LogP contribution in [0.5, 0.6) is 5.75 Å². The van der Waals surface area contributed by atoms with Crippen LogP contribution in [0.1, 0.15) is 47.9 Å². The first-order valence-corrected chi connectivity index (χ1v) is 9.81. The van der Waals surface area contributed by atoms with E-state index in [1.807, 2.05) is 42.2 Å². The molecule has 1 aromatic heterocycles. The smallest absolute Gasteiger partial charge is 0.232 e. The predicted molar refractivity (Wildman–Crippen MR) is 110 cm³/mol. The average molecular weight is 391 g/mol. The number of carbonyl (C=O) groups excluding carboxylic acids is 1. The average Bonchev–Trinajstić information content (AvgIpc) is 3.36. The third-order valence-electron chi connectivity index (χ3n) is 5.78. The fourth-order valence-electron chi connectivity index (χ4n) is 3.73. The van der Waals surface area contributed by atoms with Crippen molar-refractivity contribution >= 4 is 5.91 Å². The molecule has 1 fully saturated rings. The highest BCUT2D eigenvalue weighted by molar-refractivity contribution is 5.80. The van der Waals surface area contributed by atoms with Crippen molar-refractivity contribution in [2.45, 2.75) is 39.2 Å². The molecular weight excluding hydrogens is 366 g/mol. The number of methoxy groups -OCH3 is 1. The number of aromatic nitrogens is 2. The van der Waals surface area contributed by atoms with Crippen LogP contribution in [-0.4, -0.2) is 34.6 Å². The molecule has 0 radical (unpaired) electrons. The lowest BCUT2D eigenvalue weighted by Gasteiger charge is -2.25. The maximum atomic E-state index is 12.7. The van der Waals surface area contributed by atoms with E-state index in [-0.39, 0.29) is 17.9 Å². The molecular formula is C23H25N3O3. The van der Waals surface area contributed by atoms with Crippen molar-refractivity contribution in [1.82, 2.24) is 15.0 Å². The predicted octanol–water partition coefficient (Wildman–Crippen LogP) is 4.44. The molecule has 2 atom stereocenters. The summed E-state index contributed by atoms with van der Waals surface area (Å²) < 4.78 is 10.7. The van der Waals surface area contributed by atoms with Crippen molar-refractivity contribution in [3.63, 3.8) is 0 Å². The van der Waals surface area contributed by atoms with Crippen molar-refractivity contribution in [2.75, 3.05) is 13.7 Å². The third-order valence-corrected chi connectivity index (χ3v) is 5.78. The maximum absolute atomic E-state index is 12.7. The van der Waals surface area contributed by atoms with Crippen LogP contribution >= 0.6 is 0 Å². The quantitative estimate of drug-likeness (QED) is 0.643. The van der Waals surface area contributed by atoms with Crippen molar-refractivity contribution in [2.24, 2.45) is 0 Å². The lowest BCUT2D eigenvalue weighted by atomic mass is 10.1. The molecule has 150 valence electrons. The summed E-state index contributed by atoms with van der Waals surface area (Å²) in [7, 11) is 1.64. The van der Waals surface area contributed by atoms with Crippen LogP contribution in [0, 0.1) is 13.8 Å². The van der Waals surface area contributed by atoms with E-state index < -0.39 is 0 Å². The van der Waals surface area contributed by atoms with Crippen LogP contribution in [0.3, 0.4) is 0 Å². The van der Waals surface area contributed by atoms with Gasteiger partial charge in [-0.05, 0) is 55.7 Å². The Morgan fingerprint density at radius 3 is 2.59 bits per heavy atom. The highest BCUT2D eigenvalue weighted by Crippen LogP contribution is 2.34. The molecule has 0 bridgehead atoms. The minimum Gasteiger partial charge on any atom is -0.497 e. The van der Waals surface area contributed by atoms with Gasteiger partial charge in [0.25, 0.3) is 0 Å². The second-order valence-electron chi connectivity index (χ2n) is 7.65. The van der Waals surface area contributed by atoms with Crippen LogP contribution in [0.15, 0.2) is 47.0 Å². The molecule has 0 spiro atoms. The van der Waals surface area contributed by atoms with Gasteiger partial charge in [-0.15, -0.1) is 0 Å². The molecule has 3 aromatic rings. The molecule has 29 heavy (non-hydrogen) atoms. The third kappa shape index (κ3) is 3.75. The zero-order valence-corrected chi connectivity index (χ0v) is 17.2. The van der Waals surface area contributed by atoms with E-state index in [1.165, 1.54) is 11.1 Å². The van der Waals surface area contributed by atoms with E-state index in [2.05, 4.69) is 36.1 Å². The minimum absolute atomic E-state index is 0.0273. The van der Waals surface area contributed by atoms with Gasteiger partial charge < -0.3 is 14.2 Å². The number of benzene rings is 2. The lowest BCUT2D eigenvalue weighted by molar-refractivity contribution is -0.129. The van der Waals surface area contributed by atoms with Gasteiger partial charge in [-0.25, -0.2) is 0 Å². The molecule has 1 saturated heterocycles. The Morgan fingerprint density at radius 2 is 1.90 bits per heavy atom. The van der Waals surface area contributed by atoms with Gasteiger partial charge in [0.1, 0.15) is 5.75 Å². The number of hydrogen-bond acceptors (Lipinski definition) is 5. The molecule has 2 unspecified atom stereocenters. The highest BCUT2D eigenvalue weighted by Gasteiger charge is 2.37. The highest BCUT2D eigenvalue weighted by atomic mass is 16.5. The summed E-state index contributed by atoms with van der Waals surface area (Å²) in [5.41, 5.74) is 4.41. The topological polar surface area (TPSA) is 68.5 Å². The molecule has 6 heteroatoms.